The number of fused-ring (bicyclic) bond motifs is 1. The van der Waals surface area contributed by atoms with Gasteiger partial charge < -0.3 is 5.32 Å². The number of aromatic nitrogens is 2. The van der Waals surface area contributed by atoms with Crippen LogP contribution in [-0.2, 0) is 19.4 Å². The van der Waals surface area contributed by atoms with E-state index in [4.69, 9.17) is 9.97 Å². The van der Waals surface area contributed by atoms with Crippen LogP contribution in [0.25, 0.3) is 11.4 Å². The van der Waals surface area contributed by atoms with Gasteiger partial charge in [-0.1, -0.05) is 45.0 Å². The number of benzene rings is 1. The summed E-state index contributed by atoms with van der Waals surface area (Å²) < 4.78 is 0. The van der Waals surface area contributed by atoms with Crippen molar-refractivity contribution in [3.8, 4) is 11.4 Å². The Labute approximate surface area is 126 Å². The molecule has 1 aromatic carbocycles. The molecule has 3 nitrogen and oxygen atoms in total. The van der Waals surface area contributed by atoms with Crippen molar-refractivity contribution < 1.29 is 0 Å². The van der Waals surface area contributed by atoms with Crippen molar-refractivity contribution in [2.24, 2.45) is 0 Å². The van der Waals surface area contributed by atoms with Crippen LogP contribution >= 0.6 is 0 Å². The maximum Gasteiger partial charge on any atom is 0.159 e. The normalized spacial score (nSPS) is 14.3. The first kappa shape index (κ1) is 14.2. The predicted molar refractivity (Wildman–Crippen MR) is 86.3 cm³/mol. The summed E-state index contributed by atoms with van der Waals surface area (Å²) in [5, 5.41) is 3.40. The van der Waals surface area contributed by atoms with E-state index in [1.54, 1.807) is 0 Å². The Hall–Kier alpha value is -1.74. The van der Waals surface area contributed by atoms with Gasteiger partial charge in [-0.05, 0) is 36.4 Å². The molecule has 0 unspecified atom stereocenters. The van der Waals surface area contributed by atoms with Gasteiger partial charge in [0.1, 0.15) is 0 Å². The summed E-state index contributed by atoms with van der Waals surface area (Å²) in [7, 11) is 0. The maximum absolute atomic E-state index is 4.81. The highest BCUT2D eigenvalue weighted by Crippen LogP contribution is 2.24. The summed E-state index contributed by atoms with van der Waals surface area (Å²) in [6.07, 6.45) is 2.02. The van der Waals surface area contributed by atoms with Gasteiger partial charge in [0.25, 0.3) is 0 Å². The van der Waals surface area contributed by atoms with Crippen molar-refractivity contribution in [1.82, 2.24) is 15.3 Å². The van der Waals surface area contributed by atoms with Gasteiger partial charge in [-0.3, -0.25) is 0 Å². The Kier molecular flexibility index (Phi) is 4.02. The van der Waals surface area contributed by atoms with E-state index in [1.165, 1.54) is 22.5 Å². The maximum atomic E-state index is 4.81. The van der Waals surface area contributed by atoms with Crippen LogP contribution in [0.4, 0.5) is 0 Å². The fourth-order valence-electron chi connectivity index (χ4n) is 2.88. The molecule has 3 heteroatoms. The molecule has 1 N–H and O–H groups in total. The summed E-state index contributed by atoms with van der Waals surface area (Å²) in [6, 6.07) is 8.67. The van der Waals surface area contributed by atoms with Gasteiger partial charge in [0.2, 0.25) is 0 Å². The molecule has 3 rings (SSSR count). The standard InChI is InChI=1S/C18H23N3/c1-4-16-15-9-10-19-11-17(15)21-18(20-16)14-7-5-13(6-8-14)12(2)3/h5-8,12,19H,4,9-11H2,1-3H3. The van der Waals surface area contributed by atoms with Gasteiger partial charge in [0.15, 0.2) is 5.82 Å². The van der Waals surface area contributed by atoms with Crippen LogP contribution in [0.1, 0.15) is 49.2 Å². The van der Waals surface area contributed by atoms with Crippen molar-refractivity contribution in [1.29, 1.82) is 0 Å². The van der Waals surface area contributed by atoms with Gasteiger partial charge in [-0.25, -0.2) is 9.97 Å². The molecule has 0 atom stereocenters. The molecule has 0 spiro atoms. The number of rotatable bonds is 3. The predicted octanol–water partition coefficient (Wildman–Crippen LogP) is 3.48. The Balaban J connectivity index is 2.02. The number of hydrogen-bond acceptors (Lipinski definition) is 3. The molecule has 0 saturated carbocycles. The lowest BCUT2D eigenvalue weighted by Crippen LogP contribution is -2.26. The van der Waals surface area contributed by atoms with E-state index in [1.807, 2.05) is 0 Å². The molecule has 2 aromatic rings. The molecule has 0 bridgehead atoms. The van der Waals surface area contributed by atoms with Crippen LogP contribution in [0.3, 0.4) is 0 Å². The van der Waals surface area contributed by atoms with Crippen LogP contribution in [-0.4, -0.2) is 16.5 Å². The Bertz CT molecular complexity index is 612. The molecule has 0 radical (unpaired) electrons. The van der Waals surface area contributed by atoms with E-state index in [0.717, 1.165) is 37.3 Å². The molecule has 1 aromatic heterocycles. The number of hydrogen-bond donors (Lipinski definition) is 1. The first-order valence-corrected chi connectivity index (χ1v) is 7.88. The molecular formula is C18H23N3. The third kappa shape index (κ3) is 2.84. The third-order valence-corrected chi connectivity index (χ3v) is 4.19. The molecule has 2 heterocycles. The number of nitrogens with one attached hydrogen (secondary N) is 1. The summed E-state index contributed by atoms with van der Waals surface area (Å²) in [6.45, 7) is 8.50. The largest absolute Gasteiger partial charge is 0.311 e. The monoisotopic (exact) mass is 281 g/mol. The van der Waals surface area contributed by atoms with Gasteiger partial charge in [0, 0.05) is 17.8 Å². The van der Waals surface area contributed by atoms with E-state index in [-0.39, 0.29) is 0 Å². The minimum absolute atomic E-state index is 0.555. The lowest BCUT2D eigenvalue weighted by atomic mass is 10.0. The minimum Gasteiger partial charge on any atom is -0.311 e. The first-order valence-electron chi connectivity index (χ1n) is 7.88. The molecule has 110 valence electrons. The summed E-state index contributed by atoms with van der Waals surface area (Å²) in [4.78, 5) is 9.60. The number of nitrogens with zero attached hydrogens (tertiary/aromatic N) is 2. The average molecular weight is 281 g/mol. The van der Waals surface area contributed by atoms with Crippen molar-refractivity contribution in [3.05, 3.63) is 46.8 Å². The molecule has 0 fully saturated rings. The fourth-order valence-corrected chi connectivity index (χ4v) is 2.88. The second-order valence-corrected chi connectivity index (χ2v) is 5.98. The Morgan fingerprint density at radius 3 is 2.57 bits per heavy atom. The fraction of sp³-hybridized carbons (Fsp3) is 0.444. The van der Waals surface area contributed by atoms with Crippen molar-refractivity contribution in [3.63, 3.8) is 0 Å². The van der Waals surface area contributed by atoms with Gasteiger partial charge >= 0.3 is 0 Å². The van der Waals surface area contributed by atoms with E-state index in [2.05, 4.69) is 50.4 Å². The summed E-state index contributed by atoms with van der Waals surface area (Å²) in [5.74, 6) is 1.42. The van der Waals surface area contributed by atoms with Crippen LogP contribution in [0, 0.1) is 0 Å². The average Bonchev–Trinajstić information content (AvgIpc) is 2.53. The highest BCUT2D eigenvalue weighted by molar-refractivity contribution is 5.56. The van der Waals surface area contributed by atoms with Crippen LogP contribution in [0.2, 0.25) is 0 Å². The molecule has 0 saturated heterocycles. The zero-order valence-electron chi connectivity index (χ0n) is 13.1. The highest BCUT2D eigenvalue weighted by atomic mass is 15.0. The van der Waals surface area contributed by atoms with E-state index < -0.39 is 0 Å². The van der Waals surface area contributed by atoms with Gasteiger partial charge in [-0.2, -0.15) is 0 Å². The Morgan fingerprint density at radius 1 is 1.14 bits per heavy atom. The lowest BCUT2D eigenvalue weighted by Gasteiger charge is -2.19. The van der Waals surface area contributed by atoms with Crippen molar-refractivity contribution in [2.75, 3.05) is 6.54 Å². The zero-order chi connectivity index (χ0) is 14.8. The first-order chi connectivity index (χ1) is 10.2. The van der Waals surface area contributed by atoms with Crippen LogP contribution in [0.5, 0.6) is 0 Å². The second-order valence-electron chi connectivity index (χ2n) is 5.98. The minimum atomic E-state index is 0.555. The van der Waals surface area contributed by atoms with Crippen LogP contribution in [0.15, 0.2) is 24.3 Å². The van der Waals surface area contributed by atoms with E-state index in [9.17, 15) is 0 Å². The molecule has 21 heavy (non-hydrogen) atoms. The third-order valence-electron chi connectivity index (χ3n) is 4.19. The molecule has 1 aliphatic rings. The van der Waals surface area contributed by atoms with E-state index in [0.29, 0.717) is 5.92 Å². The summed E-state index contributed by atoms with van der Waals surface area (Å²) >= 11 is 0. The molecule has 0 amide bonds. The zero-order valence-corrected chi connectivity index (χ0v) is 13.1. The van der Waals surface area contributed by atoms with Crippen molar-refractivity contribution >= 4 is 0 Å². The van der Waals surface area contributed by atoms with E-state index >= 15 is 0 Å². The SMILES string of the molecule is CCc1nc(-c2ccc(C(C)C)cc2)nc2c1CCNC2. The van der Waals surface area contributed by atoms with Gasteiger partial charge in [0.05, 0.1) is 5.69 Å². The molecular weight excluding hydrogens is 258 g/mol. The van der Waals surface area contributed by atoms with Crippen LogP contribution < -0.4 is 5.32 Å². The quantitative estimate of drug-likeness (QED) is 0.936. The number of aryl methyl sites for hydroxylation is 1. The molecule has 1 aliphatic heterocycles. The Morgan fingerprint density at radius 2 is 1.90 bits per heavy atom. The van der Waals surface area contributed by atoms with Crippen molar-refractivity contribution in [2.45, 2.75) is 46.1 Å². The second kappa shape index (κ2) is 5.94. The topological polar surface area (TPSA) is 37.8 Å². The molecule has 0 aliphatic carbocycles. The smallest absolute Gasteiger partial charge is 0.159 e. The lowest BCUT2D eigenvalue weighted by molar-refractivity contribution is 0.617. The highest BCUT2D eigenvalue weighted by Gasteiger charge is 2.17. The van der Waals surface area contributed by atoms with Gasteiger partial charge in [-0.15, -0.1) is 0 Å². The summed E-state index contributed by atoms with van der Waals surface area (Å²) in [5.41, 5.74) is 6.22.